The van der Waals surface area contributed by atoms with Gasteiger partial charge in [0.25, 0.3) is 5.91 Å². The van der Waals surface area contributed by atoms with E-state index in [9.17, 15) is 9.59 Å². The Kier molecular flexibility index (Phi) is 4.04. The third-order valence-corrected chi connectivity index (χ3v) is 3.21. The zero-order chi connectivity index (χ0) is 14.0. The summed E-state index contributed by atoms with van der Waals surface area (Å²) in [5, 5.41) is 5.78. The van der Waals surface area contributed by atoms with Crippen LogP contribution in [0.2, 0.25) is 5.02 Å². The molecule has 0 saturated heterocycles. The highest BCUT2D eigenvalue weighted by Crippen LogP contribution is 2.19. The van der Waals surface area contributed by atoms with E-state index in [-0.39, 0.29) is 17.5 Å². The van der Waals surface area contributed by atoms with Crippen molar-refractivity contribution in [2.45, 2.75) is 38.8 Å². The van der Waals surface area contributed by atoms with E-state index in [1.165, 1.54) is 6.20 Å². The standard InChI is InChI=1S/C13H16ClN3O2/c1-7-5-11(14)10(6-15-7)13(19)16-8(2)12(18)17-9-3-4-9/h5-6,8-9H,3-4H2,1-2H3,(H,16,19)(H,17,18). The summed E-state index contributed by atoms with van der Waals surface area (Å²) in [4.78, 5) is 27.7. The third-order valence-electron chi connectivity index (χ3n) is 2.90. The van der Waals surface area contributed by atoms with Gasteiger partial charge in [-0.05, 0) is 32.8 Å². The van der Waals surface area contributed by atoms with Gasteiger partial charge in [0.05, 0.1) is 10.6 Å². The molecule has 6 heteroatoms. The van der Waals surface area contributed by atoms with Crippen LogP contribution < -0.4 is 10.6 Å². The van der Waals surface area contributed by atoms with Crippen LogP contribution in [-0.4, -0.2) is 28.9 Å². The van der Waals surface area contributed by atoms with Crippen LogP contribution in [0.5, 0.6) is 0 Å². The highest BCUT2D eigenvalue weighted by Gasteiger charge is 2.26. The van der Waals surface area contributed by atoms with Gasteiger partial charge in [0.15, 0.2) is 0 Å². The molecule has 102 valence electrons. The molecule has 19 heavy (non-hydrogen) atoms. The number of nitrogens with one attached hydrogen (secondary N) is 2. The van der Waals surface area contributed by atoms with E-state index in [0.717, 1.165) is 18.5 Å². The fourth-order valence-electron chi connectivity index (χ4n) is 1.59. The van der Waals surface area contributed by atoms with Gasteiger partial charge in [0.2, 0.25) is 5.91 Å². The third kappa shape index (κ3) is 3.67. The van der Waals surface area contributed by atoms with Crippen molar-refractivity contribution in [2.75, 3.05) is 0 Å². The first-order chi connectivity index (χ1) is 8.97. The van der Waals surface area contributed by atoms with Gasteiger partial charge in [-0.15, -0.1) is 0 Å². The first-order valence-electron chi connectivity index (χ1n) is 6.20. The van der Waals surface area contributed by atoms with E-state index in [2.05, 4.69) is 15.6 Å². The van der Waals surface area contributed by atoms with Crippen LogP contribution in [-0.2, 0) is 4.79 Å². The molecule has 1 fully saturated rings. The van der Waals surface area contributed by atoms with Crippen LogP contribution in [0.15, 0.2) is 12.3 Å². The Labute approximate surface area is 116 Å². The van der Waals surface area contributed by atoms with E-state index in [1.807, 2.05) is 0 Å². The molecule has 1 aromatic heterocycles. The number of halogens is 1. The maximum Gasteiger partial charge on any atom is 0.255 e. The molecule has 5 nitrogen and oxygen atoms in total. The fraction of sp³-hybridized carbons (Fsp3) is 0.462. The van der Waals surface area contributed by atoms with Gasteiger partial charge in [-0.1, -0.05) is 11.6 Å². The molecule has 0 radical (unpaired) electrons. The van der Waals surface area contributed by atoms with E-state index in [4.69, 9.17) is 11.6 Å². The average Bonchev–Trinajstić information content (AvgIpc) is 3.12. The smallest absolute Gasteiger partial charge is 0.255 e. The van der Waals surface area contributed by atoms with Gasteiger partial charge in [-0.3, -0.25) is 14.6 Å². The molecule has 2 N–H and O–H groups in total. The number of carbonyl (C=O) groups excluding carboxylic acids is 2. The number of nitrogens with zero attached hydrogens (tertiary/aromatic N) is 1. The lowest BCUT2D eigenvalue weighted by Crippen LogP contribution is -2.45. The van der Waals surface area contributed by atoms with E-state index < -0.39 is 11.9 Å². The Morgan fingerprint density at radius 3 is 2.74 bits per heavy atom. The maximum atomic E-state index is 12.0. The molecule has 1 unspecified atom stereocenters. The second kappa shape index (κ2) is 5.57. The van der Waals surface area contributed by atoms with Gasteiger partial charge in [0.1, 0.15) is 6.04 Å². The van der Waals surface area contributed by atoms with Crippen LogP contribution in [0, 0.1) is 6.92 Å². The molecule has 2 rings (SSSR count). The summed E-state index contributed by atoms with van der Waals surface area (Å²) in [5.41, 5.74) is 1.01. The van der Waals surface area contributed by atoms with Crippen molar-refractivity contribution in [3.63, 3.8) is 0 Å². The predicted octanol–water partition coefficient (Wildman–Crippen LogP) is 1.44. The number of amides is 2. The Balaban J connectivity index is 1.97. The van der Waals surface area contributed by atoms with Gasteiger partial charge in [-0.25, -0.2) is 0 Å². The van der Waals surface area contributed by atoms with Crippen molar-refractivity contribution in [3.05, 3.63) is 28.5 Å². The molecule has 1 aliphatic rings. The first-order valence-corrected chi connectivity index (χ1v) is 6.58. The molecule has 0 aliphatic heterocycles. The fourth-order valence-corrected chi connectivity index (χ4v) is 1.88. The molecule has 0 aromatic carbocycles. The van der Waals surface area contributed by atoms with Gasteiger partial charge >= 0.3 is 0 Å². The Bertz CT molecular complexity index is 515. The number of hydrogen-bond donors (Lipinski definition) is 2. The zero-order valence-electron chi connectivity index (χ0n) is 10.9. The lowest BCUT2D eigenvalue weighted by atomic mass is 10.2. The molecule has 1 aromatic rings. The molecule has 0 spiro atoms. The summed E-state index contributed by atoms with van der Waals surface area (Å²) in [5.74, 6) is -0.567. The summed E-state index contributed by atoms with van der Waals surface area (Å²) in [7, 11) is 0. The quantitative estimate of drug-likeness (QED) is 0.877. The molecular weight excluding hydrogens is 266 g/mol. The van der Waals surface area contributed by atoms with Crippen LogP contribution >= 0.6 is 11.6 Å². The summed E-state index contributed by atoms with van der Waals surface area (Å²) in [6.45, 7) is 3.43. The van der Waals surface area contributed by atoms with Crippen molar-refractivity contribution >= 4 is 23.4 Å². The molecule has 2 amide bonds. The minimum Gasteiger partial charge on any atom is -0.352 e. The van der Waals surface area contributed by atoms with Gasteiger partial charge in [0, 0.05) is 17.9 Å². The van der Waals surface area contributed by atoms with Crippen LogP contribution in [0.25, 0.3) is 0 Å². The summed E-state index contributed by atoms with van der Waals surface area (Å²) in [6.07, 6.45) is 3.44. The van der Waals surface area contributed by atoms with Crippen molar-refractivity contribution in [3.8, 4) is 0 Å². The number of hydrogen-bond acceptors (Lipinski definition) is 3. The van der Waals surface area contributed by atoms with Crippen molar-refractivity contribution < 1.29 is 9.59 Å². The van der Waals surface area contributed by atoms with Gasteiger partial charge < -0.3 is 10.6 Å². The Morgan fingerprint density at radius 2 is 2.16 bits per heavy atom. The number of rotatable bonds is 4. The Morgan fingerprint density at radius 1 is 1.47 bits per heavy atom. The lowest BCUT2D eigenvalue weighted by molar-refractivity contribution is -0.122. The Hall–Kier alpha value is -1.62. The number of aryl methyl sites for hydroxylation is 1. The topological polar surface area (TPSA) is 71.1 Å². The largest absolute Gasteiger partial charge is 0.352 e. The summed E-state index contributed by atoms with van der Waals surface area (Å²) < 4.78 is 0. The van der Waals surface area contributed by atoms with Crippen molar-refractivity contribution in [1.82, 2.24) is 15.6 Å². The zero-order valence-corrected chi connectivity index (χ0v) is 11.6. The van der Waals surface area contributed by atoms with Crippen LogP contribution in [0.3, 0.4) is 0 Å². The van der Waals surface area contributed by atoms with Crippen molar-refractivity contribution in [2.24, 2.45) is 0 Å². The second-order valence-corrected chi connectivity index (χ2v) is 5.19. The highest BCUT2D eigenvalue weighted by molar-refractivity contribution is 6.33. The van der Waals surface area contributed by atoms with Crippen molar-refractivity contribution in [1.29, 1.82) is 0 Å². The molecule has 1 heterocycles. The minimum absolute atomic E-state index is 0.174. The first kappa shape index (κ1) is 13.8. The van der Waals surface area contributed by atoms with E-state index in [1.54, 1.807) is 19.9 Å². The molecule has 0 bridgehead atoms. The monoisotopic (exact) mass is 281 g/mol. The number of aromatic nitrogens is 1. The van der Waals surface area contributed by atoms with Crippen LogP contribution in [0.4, 0.5) is 0 Å². The van der Waals surface area contributed by atoms with Gasteiger partial charge in [-0.2, -0.15) is 0 Å². The molecule has 1 atom stereocenters. The van der Waals surface area contributed by atoms with E-state index in [0.29, 0.717) is 5.02 Å². The molecule has 1 aliphatic carbocycles. The maximum absolute atomic E-state index is 12.0. The normalized spacial score (nSPS) is 15.7. The lowest BCUT2D eigenvalue weighted by Gasteiger charge is -2.14. The molecule has 1 saturated carbocycles. The number of carbonyl (C=O) groups is 2. The minimum atomic E-state index is -0.592. The summed E-state index contributed by atoms with van der Waals surface area (Å²) in [6, 6.07) is 1.30. The number of pyridine rings is 1. The SMILES string of the molecule is Cc1cc(Cl)c(C(=O)NC(C)C(=O)NC2CC2)cn1. The van der Waals surface area contributed by atoms with E-state index >= 15 is 0 Å². The molecular formula is C13H16ClN3O2. The summed E-state index contributed by atoms with van der Waals surface area (Å²) >= 11 is 5.98. The average molecular weight is 282 g/mol. The predicted molar refractivity (Wildman–Crippen MR) is 72.1 cm³/mol. The highest BCUT2D eigenvalue weighted by atomic mass is 35.5. The second-order valence-electron chi connectivity index (χ2n) is 4.78. The van der Waals surface area contributed by atoms with Crippen LogP contribution in [0.1, 0.15) is 35.8 Å².